The average Bonchev–Trinajstić information content (AvgIpc) is 2.81. The van der Waals surface area contributed by atoms with Gasteiger partial charge < -0.3 is 9.47 Å². The van der Waals surface area contributed by atoms with Gasteiger partial charge in [0, 0.05) is 30.4 Å². The number of allylic oxidation sites excluding steroid dienone is 1. The minimum Gasteiger partial charge on any atom is -0.461 e. The summed E-state index contributed by atoms with van der Waals surface area (Å²) in [6, 6.07) is 0. The highest BCUT2D eigenvalue weighted by Crippen LogP contribution is 2.48. The van der Waals surface area contributed by atoms with Crippen LogP contribution in [0.5, 0.6) is 0 Å². The van der Waals surface area contributed by atoms with Gasteiger partial charge in [-0.3, -0.25) is 9.59 Å². The maximum absolute atomic E-state index is 12.3. The van der Waals surface area contributed by atoms with Crippen LogP contribution in [-0.2, 0) is 23.9 Å². The Bertz CT molecular complexity index is 667. The van der Waals surface area contributed by atoms with Crippen LogP contribution in [0, 0.1) is 11.8 Å². The van der Waals surface area contributed by atoms with Gasteiger partial charge in [0.1, 0.15) is 12.2 Å². The Morgan fingerprint density at radius 3 is 2.68 bits per heavy atom. The molecule has 4 unspecified atom stereocenters. The molecule has 0 aromatic heterocycles. The zero-order chi connectivity index (χ0) is 16.2. The maximum Gasteiger partial charge on any atom is 0.334 e. The van der Waals surface area contributed by atoms with Crippen molar-refractivity contribution in [1.82, 2.24) is 0 Å². The van der Waals surface area contributed by atoms with E-state index in [9.17, 15) is 14.4 Å². The number of esters is 2. The van der Waals surface area contributed by atoms with E-state index in [-0.39, 0.29) is 11.7 Å². The lowest BCUT2D eigenvalue weighted by Gasteiger charge is -2.27. The highest BCUT2D eigenvalue weighted by atomic mass is 16.6. The molecule has 3 rings (SSSR count). The lowest BCUT2D eigenvalue weighted by Crippen LogP contribution is -2.35. The molecule has 0 amide bonds. The van der Waals surface area contributed by atoms with Gasteiger partial charge in [-0.2, -0.15) is 0 Å². The van der Waals surface area contributed by atoms with Crippen molar-refractivity contribution in [2.75, 3.05) is 0 Å². The molecular weight excluding hydrogens is 284 g/mol. The number of ketones is 1. The molecule has 3 aliphatic rings. The molecule has 0 saturated carbocycles. The van der Waals surface area contributed by atoms with Crippen molar-refractivity contribution in [3.63, 3.8) is 0 Å². The van der Waals surface area contributed by atoms with Gasteiger partial charge in [-0.25, -0.2) is 4.79 Å². The van der Waals surface area contributed by atoms with Gasteiger partial charge in [0.15, 0.2) is 5.78 Å². The molecular formula is C17H18O5. The third kappa shape index (κ3) is 2.03. The van der Waals surface area contributed by atoms with E-state index in [0.29, 0.717) is 17.6 Å². The summed E-state index contributed by atoms with van der Waals surface area (Å²) in [5.41, 5.74) is 2.75. The summed E-state index contributed by atoms with van der Waals surface area (Å²) in [5, 5.41) is 0. The average molecular weight is 302 g/mol. The van der Waals surface area contributed by atoms with Gasteiger partial charge in [-0.1, -0.05) is 17.7 Å². The van der Waals surface area contributed by atoms with E-state index < -0.39 is 30.1 Å². The quantitative estimate of drug-likeness (QED) is 0.546. The van der Waals surface area contributed by atoms with Crippen LogP contribution in [0.1, 0.15) is 27.2 Å². The van der Waals surface area contributed by atoms with Crippen molar-refractivity contribution < 1.29 is 23.9 Å². The molecule has 1 fully saturated rings. The summed E-state index contributed by atoms with van der Waals surface area (Å²) >= 11 is 0. The van der Waals surface area contributed by atoms with Crippen molar-refractivity contribution in [1.29, 1.82) is 0 Å². The van der Waals surface area contributed by atoms with Gasteiger partial charge >= 0.3 is 11.9 Å². The van der Waals surface area contributed by atoms with Crippen LogP contribution in [0.3, 0.4) is 0 Å². The predicted octanol–water partition coefficient (Wildman–Crippen LogP) is 1.88. The second kappa shape index (κ2) is 4.93. The second-order valence-corrected chi connectivity index (χ2v) is 6.20. The first-order chi connectivity index (χ1) is 10.3. The first-order valence-corrected chi connectivity index (χ1v) is 7.30. The van der Waals surface area contributed by atoms with Gasteiger partial charge in [0.05, 0.1) is 5.92 Å². The van der Waals surface area contributed by atoms with E-state index in [0.717, 1.165) is 11.1 Å². The Morgan fingerprint density at radius 1 is 1.36 bits per heavy atom. The van der Waals surface area contributed by atoms with Crippen molar-refractivity contribution >= 4 is 17.7 Å². The molecule has 22 heavy (non-hydrogen) atoms. The van der Waals surface area contributed by atoms with E-state index >= 15 is 0 Å². The van der Waals surface area contributed by atoms with Crippen molar-refractivity contribution in [2.24, 2.45) is 11.8 Å². The minimum atomic E-state index is -0.528. The van der Waals surface area contributed by atoms with E-state index in [2.05, 4.69) is 6.58 Å². The van der Waals surface area contributed by atoms with Crippen LogP contribution in [0.2, 0.25) is 0 Å². The van der Waals surface area contributed by atoms with Crippen molar-refractivity contribution in [3.8, 4) is 0 Å². The third-order valence-corrected chi connectivity index (χ3v) is 4.70. The fourth-order valence-electron chi connectivity index (χ4n) is 3.84. The number of hydrogen-bond donors (Lipinski definition) is 0. The van der Waals surface area contributed by atoms with Gasteiger partial charge in [0.25, 0.3) is 0 Å². The number of ether oxygens (including phenoxy) is 2. The zero-order valence-corrected chi connectivity index (χ0v) is 12.8. The van der Waals surface area contributed by atoms with Crippen molar-refractivity contribution in [3.05, 3.63) is 34.9 Å². The smallest absolute Gasteiger partial charge is 0.334 e. The molecule has 1 aliphatic heterocycles. The van der Waals surface area contributed by atoms with Crippen molar-refractivity contribution in [2.45, 2.75) is 39.4 Å². The molecule has 0 N–H and O–H groups in total. The van der Waals surface area contributed by atoms with Gasteiger partial charge in [0.2, 0.25) is 0 Å². The van der Waals surface area contributed by atoms with E-state index in [4.69, 9.17) is 9.47 Å². The van der Waals surface area contributed by atoms with Crippen LogP contribution in [0.4, 0.5) is 0 Å². The first kappa shape index (κ1) is 14.8. The molecule has 4 atom stereocenters. The van der Waals surface area contributed by atoms with Gasteiger partial charge in [-0.05, 0) is 19.9 Å². The monoisotopic (exact) mass is 302 g/mol. The summed E-state index contributed by atoms with van der Waals surface area (Å²) in [4.78, 5) is 35.6. The Morgan fingerprint density at radius 2 is 2.05 bits per heavy atom. The van der Waals surface area contributed by atoms with Gasteiger partial charge in [-0.15, -0.1) is 0 Å². The molecule has 1 heterocycles. The van der Waals surface area contributed by atoms with Crippen LogP contribution in [0.25, 0.3) is 0 Å². The fraction of sp³-hybridized carbons (Fsp3) is 0.471. The first-order valence-electron chi connectivity index (χ1n) is 7.30. The Hall–Kier alpha value is -2.17. The highest BCUT2D eigenvalue weighted by molar-refractivity contribution is 6.09. The molecule has 0 aromatic carbocycles. The predicted molar refractivity (Wildman–Crippen MR) is 77.6 cm³/mol. The summed E-state index contributed by atoms with van der Waals surface area (Å²) in [6.45, 7) is 8.88. The minimum absolute atomic E-state index is 0.0456. The van der Waals surface area contributed by atoms with E-state index in [1.807, 2.05) is 13.8 Å². The standard InChI is InChI=1S/C17H18O5/c1-7-5-11(19)13-8(2)6-12(21-10(4)18)15-9(3)17(20)22-16(15)14(7)13/h5,12,14-16H,3,6H2,1-2,4H3. The van der Waals surface area contributed by atoms with Crippen LogP contribution in [0.15, 0.2) is 34.9 Å². The zero-order valence-electron chi connectivity index (χ0n) is 12.8. The van der Waals surface area contributed by atoms with E-state index in [1.54, 1.807) is 6.08 Å². The lowest BCUT2D eigenvalue weighted by molar-refractivity contribution is -0.150. The third-order valence-electron chi connectivity index (χ3n) is 4.70. The number of carbonyl (C=O) groups excluding carboxylic acids is 3. The largest absolute Gasteiger partial charge is 0.461 e. The molecule has 0 radical (unpaired) electrons. The maximum atomic E-state index is 12.3. The second-order valence-electron chi connectivity index (χ2n) is 6.20. The highest BCUT2D eigenvalue weighted by Gasteiger charge is 2.53. The summed E-state index contributed by atoms with van der Waals surface area (Å²) in [6.07, 6.45) is 0.955. The molecule has 0 spiro atoms. The van der Waals surface area contributed by atoms with E-state index in [1.165, 1.54) is 6.92 Å². The lowest BCUT2D eigenvalue weighted by atomic mass is 9.82. The molecule has 2 aliphatic carbocycles. The van der Waals surface area contributed by atoms with Crippen LogP contribution >= 0.6 is 0 Å². The summed E-state index contributed by atoms with van der Waals surface area (Å²) < 4.78 is 10.9. The molecule has 5 heteroatoms. The van der Waals surface area contributed by atoms with Crippen LogP contribution < -0.4 is 0 Å². The molecule has 0 aromatic rings. The summed E-state index contributed by atoms with van der Waals surface area (Å²) in [5.74, 6) is -1.61. The normalized spacial score (nSPS) is 34.0. The number of carbonyl (C=O) groups is 3. The van der Waals surface area contributed by atoms with Crippen LogP contribution in [-0.4, -0.2) is 29.9 Å². The topological polar surface area (TPSA) is 69.7 Å². The number of hydrogen-bond acceptors (Lipinski definition) is 5. The fourth-order valence-corrected chi connectivity index (χ4v) is 3.84. The number of rotatable bonds is 1. The Balaban J connectivity index is 2.10. The number of fused-ring (bicyclic) bond motifs is 3. The Kier molecular flexibility index (Phi) is 3.31. The molecule has 5 nitrogen and oxygen atoms in total. The molecule has 116 valence electrons. The Labute approximate surface area is 128 Å². The summed E-state index contributed by atoms with van der Waals surface area (Å²) in [7, 11) is 0. The molecule has 0 bridgehead atoms. The molecule has 1 saturated heterocycles. The SMILES string of the molecule is C=C1C(=O)OC2C3C(C)=CC(=O)C3=C(C)CC(OC(C)=O)C12.